The van der Waals surface area contributed by atoms with Crippen molar-refractivity contribution in [3.05, 3.63) is 47.3 Å². The van der Waals surface area contributed by atoms with Gasteiger partial charge in [0, 0.05) is 6.54 Å². The molecule has 22 heavy (non-hydrogen) atoms. The van der Waals surface area contributed by atoms with E-state index in [0.717, 1.165) is 0 Å². The van der Waals surface area contributed by atoms with Crippen LogP contribution in [0.25, 0.3) is 0 Å². The van der Waals surface area contributed by atoms with E-state index < -0.39 is 16.0 Å². The van der Waals surface area contributed by atoms with Gasteiger partial charge in [0.05, 0.1) is 17.9 Å². The second-order valence-electron chi connectivity index (χ2n) is 4.37. The van der Waals surface area contributed by atoms with Crippen LogP contribution in [0.1, 0.15) is 24.2 Å². The molecule has 0 aliphatic rings. The zero-order valence-electron chi connectivity index (χ0n) is 12.4. The van der Waals surface area contributed by atoms with Crippen molar-refractivity contribution in [2.75, 3.05) is 17.5 Å². The zero-order valence-corrected chi connectivity index (χ0v) is 14.0. The van der Waals surface area contributed by atoms with Crippen LogP contribution in [0.15, 0.2) is 46.0 Å². The maximum atomic E-state index is 12.7. The Morgan fingerprint density at radius 1 is 1.23 bits per heavy atom. The van der Waals surface area contributed by atoms with Crippen LogP contribution < -0.4 is 4.31 Å². The minimum Gasteiger partial charge on any atom is -0.462 e. The molecule has 0 saturated carbocycles. The van der Waals surface area contributed by atoms with Crippen LogP contribution in [-0.4, -0.2) is 27.5 Å². The summed E-state index contributed by atoms with van der Waals surface area (Å²) in [5, 5.41) is 1.72. The third-order valence-electron chi connectivity index (χ3n) is 2.97. The van der Waals surface area contributed by atoms with Crippen LogP contribution in [0.3, 0.4) is 0 Å². The molecule has 0 aliphatic carbocycles. The summed E-state index contributed by atoms with van der Waals surface area (Å²) in [5.74, 6) is -0.464. The monoisotopic (exact) mass is 339 g/mol. The summed E-state index contributed by atoms with van der Waals surface area (Å²) in [6, 6.07) is 9.71. The minimum atomic E-state index is -3.62. The summed E-state index contributed by atoms with van der Waals surface area (Å²) >= 11 is 1.17. The van der Waals surface area contributed by atoms with Gasteiger partial charge in [-0.15, -0.1) is 11.3 Å². The minimum absolute atomic E-state index is 0.270. The Kier molecular flexibility index (Phi) is 5.20. The number of carbonyl (C=O) groups is 1. The maximum Gasteiger partial charge on any atom is 0.338 e. The number of hydrogen-bond donors (Lipinski definition) is 0. The van der Waals surface area contributed by atoms with Crippen LogP contribution in [0, 0.1) is 0 Å². The molecule has 2 aromatic rings. The number of nitrogens with zero attached hydrogens (tertiary/aromatic N) is 1. The summed E-state index contributed by atoms with van der Waals surface area (Å²) in [6.45, 7) is 4.02. The number of carbonyl (C=O) groups excluding carboxylic acids is 1. The lowest BCUT2D eigenvalue weighted by molar-refractivity contribution is 0.0526. The van der Waals surface area contributed by atoms with Crippen molar-refractivity contribution >= 4 is 33.0 Å². The number of esters is 1. The predicted molar refractivity (Wildman–Crippen MR) is 86.9 cm³/mol. The first kappa shape index (κ1) is 16.5. The molecule has 0 spiro atoms. The van der Waals surface area contributed by atoms with E-state index in [9.17, 15) is 13.2 Å². The molecule has 1 heterocycles. The predicted octanol–water partition coefficient (Wildman–Crippen LogP) is 3.14. The SMILES string of the molecule is CCOC(=O)c1cccc(N(CC)S(=O)(=O)c2cccs2)c1. The Labute approximate surface area is 134 Å². The van der Waals surface area contributed by atoms with Crippen molar-refractivity contribution < 1.29 is 17.9 Å². The first-order valence-corrected chi connectivity index (χ1v) is 9.16. The van der Waals surface area contributed by atoms with Gasteiger partial charge in [-0.1, -0.05) is 12.1 Å². The van der Waals surface area contributed by atoms with Gasteiger partial charge in [-0.05, 0) is 43.5 Å². The van der Waals surface area contributed by atoms with Crippen LogP contribution in [-0.2, 0) is 14.8 Å². The van der Waals surface area contributed by atoms with Crippen molar-refractivity contribution in [3.63, 3.8) is 0 Å². The van der Waals surface area contributed by atoms with E-state index in [1.54, 1.807) is 49.6 Å². The molecular formula is C15H17NO4S2. The smallest absolute Gasteiger partial charge is 0.338 e. The molecule has 0 N–H and O–H groups in total. The third kappa shape index (κ3) is 3.31. The molecule has 1 aromatic heterocycles. The summed E-state index contributed by atoms with van der Waals surface area (Å²) in [4.78, 5) is 11.8. The average molecular weight is 339 g/mol. The van der Waals surface area contributed by atoms with Gasteiger partial charge in [0.15, 0.2) is 0 Å². The van der Waals surface area contributed by atoms with E-state index in [2.05, 4.69) is 0 Å². The fourth-order valence-corrected chi connectivity index (χ4v) is 4.58. The Morgan fingerprint density at radius 2 is 2.00 bits per heavy atom. The number of sulfonamides is 1. The van der Waals surface area contributed by atoms with Crippen molar-refractivity contribution in [2.45, 2.75) is 18.1 Å². The fourth-order valence-electron chi connectivity index (χ4n) is 2.01. The highest BCUT2D eigenvalue weighted by Gasteiger charge is 2.25. The largest absolute Gasteiger partial charge is 0.462 e. The van der Waals surface area contributed by atoms with E-state index in [1.165, 1.54) is 21.7 Å². The quantitative estimate of drug-likeness (QED) is 0.759. The van der Waals surface area contributed by atoms with Gasteiger partial charge in [0.1, 0.15) is 4.21 Å². The highest BCUT2D eigenvalue weighted by atomic mass is 32.2. The molecule has 1 aromatic carbocycles. The Bertz CT molecular complexity index is 739. The van der Waals surface area contributed by atoms with Crippen molar-refractivity contribution in [1.29, 1.82) is 0 Å². The molecule has 5 nitrogen and oxygen atoms in total. The Balaban J connectivity index is 2.40. The first-order chi connectivity index (χ1) is 10.5. The Hall–Kier alpha value is -1.86. The molecular weight excluding hydrogens is 322 g/mol. The number of benzene rings is 1. The van der Waals surface area contributed by atoms with E-state index in [1.807, 2.05) is 0 Å². The number of ether oxygens (including phenoxy) is 1. The maximum absolute atomic E-state index is 12.7. The van der Waals surface area contributed by atoms with Crippen LogP contribution in [0.2, 0.25) is 0 Å². The molecule has 2 rings (SSSR count). The lowest BCUT2D eigenvalue weighted by Gasteiger charge is -2.22. The second-order valence-corrected chi connectivity index (χ2v) is 7.41. The molecule has 0 bridgehead atoms. The first-order valence-electron chi connectivity index (χ1n) is 6.84. The van der Waals surface area contributed by atoms with E-state index in [0.29, 0.717) is 11.3 Å². The molecule has 0 saturated heterocycles. The number of rotatable bonds is 6. The summed E-state index contributed by atoms with van der Waals surface area (Å²) in [5.41, 5.74) is 0.778. The standard InChI is InChI=1S/C15H17NO4S2/c1-3-16(22(18,19)14-9-6-10-21-14)13-8-5-7-12(11-13)15(17)20-4-2/h5-11H,3-4H2,1-2H3. The van der Waals surface area contributed by atoms with Crippen LogP contribution in [0.5, 0.6) is 0 Å². The molecule has 7 heteroatoms. The summed E-state index contributed by atoms with van der Waals surface area (Å²) in [6.07, 6.45) is 0. The zero-order chi connectivity index (χ0) is 16.2. The lowest BCUT2D eigenvalue weighted by atomic mass is 10.2. The number of hydrogen-bond acceptors (Lipinski definition) is 5. The van der Waals surface area contributed by atoms with Crippen LogP contribution in [0.4, 0.5) is 5.69 Å². The molecule has 0 amide bonds. The van der Waals surface area contributed by atoms with Crippen LogP contribution >= 0.6 is 11.3 Å². The van der Waals surface area contributed by atoms with Gasteiger partial charge < -0.3 is 4.74 Å². The fraction of sp³-hybridized carbons (Fsp3) is 0.267. The molecule has 0 aliphatic heterocycles. The summed E-state index contributed by atoms with van der Waals surface area (Å²) in [7, 11) is -3.62. The van der Waals surface area contributed by atoms with Crippen molar-refractivity contribution in [1.82, 2.24) is 0 Å². The molecule has 0 radical (unpaired) electrons. The third-order valence-corrected chi connectivity index (χ3v) is 6.25. The van der Waals surface area contributed by atoms with Gasteiger partial charge in [-0.3, -0.25) is 4.31 Å². The Morgan fingerprint density at radius 3 is 2.59 bits per heavy atom. The topological polar surface area (TPSA) is 63.7 Å². The average Bonchev–Trinajstić information content (AvgIpc) is 3.03. The van der Waals surface area contributed by atoms with Gasteiger partial charge in [0.2, 0.25) is 0 Å². The lowest BCUT2D eigenvalue weighted by Crippen LogP contribution is -2.30. The number of thiophene rings is 1. The van der Waals surface area contributed by atoms with Gasteiger partial charge in [-0.2, -0.15) is 0 Å². The van der Waals surface area contributed by atoms with Crippen molar-refractivity contribution in [2.24, 2.45) is 0 Å². The normalized spacial score (nSPS) is 11.2. The van der Waals surface area contributed by atoms with Gasteiger partial charge >= 0.3 is 5.97 Å². The highest BCUT2D eigenvalue weighted by molar-refractivity contribution is 7.94. The van der Waals surface area contributed by atoms with E-state index >= 15 is 0 Å². The second kappa shape index (κ2) is 6.93. The molecule has 0 unspecified atom stereocenters. The molecule has 0 atom stereocenters. The van der Waals surface area contributed by atoms with E-state index in [-0.39, 0.29) is 17.4 Å². The van der Waals surface area contributed by atoms with Crippen molar-refractivity contribution in [3.8, 4) is 0 Å². The van der Waals surface area contributed by atoms with Gasteiger partial charge in [0.25, 0.3) is 10.0 Å². The van der Waals surface area contributed by atoms with E-state index in [4.69, 9.17) is 4.74 Å². The molecule has 118 valence electrons. The number of anilines is 1. The highest BCUT2D eigenvalue weighted by Crippen LogP contribution is 2.27. The summed E-state index contributed by atoms with van der Waals surface area (Å²) < 4.78 is 31.8. The molecule has 0 fully saturated rings. The van der Waals surface area contributed by atoms with Gasteiger partial charge in [-0.25, -0.2) is 13.2 Å².